The minimum atomic E-state index is 0.716. The summed E-state index contributed by atoms with van der Waals surface area (Å²) in [6, 6.07) is 18.1. The highest BCUT2D eigenvalue weighted by Crippen LogP contribution is 2.27. The first kappa shape index (κ1) is 13.9. The molecule has 0 radical (unpaired) electrons. The van der Waals surface area contributed by atoms with Gasteiger partial charge in [0.15, 0.2) is 5.82 Å². The topological polar surface area (TPSA) is 52.3 Å². The van der Waals surface area contributed by atoms with Gasteiger partial charge >= 0.3 is 0 Å². The monoisotopic (exact) mass is 322 g/mol. The summed E-state index contributed by atoms with van der Waals surface area (Å²) < 4.78 is 7.02. The van der Waals surface area contributed by atoms with Crippen LogP contribution in [0.15, 0.2) is 54.6 Å². The highest BCUT2D eigenvalue weighted by Gasteiger charge is 2.13. The second kappa shape index (κ2) is 5.81. The molecule has 4 rings (SSSR count). The van der Waals surface area contributed by atoms with Crippen molar-refractivity contribution in [2.45, 2.75) is 6.42 Å². The van der Waals surface area contributed by atoms with Crippen LogP contribution in [0.5, 0.6) is 5.75 Å². The normalized spacial score (nSPS) is 11.0. The fraction of sp³-hybridized carbons (Fsp3) is 0.118. The van der Waals surface area contributed by atoms with Crippen LogP contribution in [-0.4, -0.2) is 26.9 Å². The van der Waals surface area contributed by atoms with Gasteiger partial charge in [-0.2, -0.15) is 9.61 Å². The molecule has 23 heavy (non-hydrogen) atoms. The van der Waals surface area contributed by atoms with Gasteiger partial charge in [0.2, 0.25) is 4.96 Å². The molecule has 2 aromatic heterocycles. The zero-order chi connectivity index (χ0) is 15.6. The third kappa shape index (κ3) is 2.68. The van der Waals surface area contributed by atoms with E-state index in [4.69, 9.17) is 4.74 Å². The molecule has 114 valence electrons. The molecule has 0 N–H and O–H groups in total. The Morgan fingerprint density at radius 2 is 1.78 bits per heavy atom. The molecule has 0 fully saturated rings. The average Bonchev–Trinajstić information content (AvgIpc) is 3.18. The lowest BCUT2D eigenvalue weighted by molar-refractivity contribution is 0.415. The van der Waals surface area contributed by atoms with Crippen LogP contribution in [0, 0.1) is 0 Å². The van der Waals surface area contributed by atoms with E-state index in [0.29, 0.717) is 6.42 Å². The van der Waals surface area contributed by atoms with Gasteiger partial charge in [-0.05, 0) is 29.8 Å². The number of hydrogen-bond acceptors (Lipinski definition) is 5. The number of nitrogens with zero attached hydrogens (tertiary/aromatic N) is 4. The zero-order valence-corrected chi connectivity index (χ0v) is 13.3. The Morgan fingerprint density at radius 1 is 1.00 bits per heavy atom. The van der Waals surface area contributed by atoms with Crippen molar-refractivity contribution in [3.8, 4) is 16.3 Å². The van der Waals surface area contributed by atoms with Crippen molar-refractivity contribution >= 4 is 16.3 Å². The van der Waals surface area contributed by atoms with Crippen molar-refractivity contribution < 1.29 is 4.74 Å². The van der Waals surface area contributed by atoms with Crippen molar-refractivity contribution in [3.63, 3.8) is 0 Å². The highest BCUT2D eigenvalue weighted by atomic mass is 32.1. The summed E-state index contributed by atoms with van der Waals surface area (Å²) in [7, 11) is 1.66. The second-order valence-corrected chi connectivity index (χ2v) is 6.06. The highest BCUT2D eigenvalue weighted by molar-refractivity contribution is 7.19. The van der Waals surface area contributed by atoms with E-state index in [-0.39, 0.29) is 0 Å². The SMILES string of the molecule is COc1ccc(-c2nn3c(Cc4ccccc4)nnc3s2)cc1. The number of aromatic nitrogens is 4. The summed E-state index contributed by atoms with van der Waals surface area (Å²) in [4.78, 5) is 0.807. The second-order valence-electron chi connectivity index (χ2n) is 5.11. The Morgan fingerprint density at radius 3 is 2.52 bits per heavy atom. The quantitative estimate of drug-likeness (QED) is 0.577. The summed E-state index contributed by atoms with van der Waals surface area (Å²) in [6.07, 6.45) is 0.716. The number of hydrogen-bond donors (Lipinski definition) is 0. The summed E-state index contributed by atoms with van der Waals surface area (Å²) in [5, 5.41) is 14.1. The van der Waals surface area contributed by atoms with Crippen LogP contribution in [0.25, 0.3) is 15.5 Å². The van der Waals surface area contributed by atoms with Crippen LogP contribution in [0.2, 0.25) is 0 Å². The number of fused-ring (bicyclic) bond motifs is 1. The van der Waals surface area contributed by atoms with E-state index < -0.39 is 0 Å². The maximum atomic E-state index is 5.19. The van der Waals surface area contributed by atoms with Crippen LogP contribution >= 0.6 is 11.3 Å². The van der Waals surface area contributed by atoms with E-state index in [1.54, 1.807) is 7.11 Å². The molecule has 0 saturated carbocycles. The first-order valence-electron chi connectivity index (χ1n) is 7.23. The standard InChI is InChI=1S/C17H14N4OS/c1-22-14-9-7-13(8-10-14)16-20-21-15(18-19-17(21)23-16)11-12-5-3-2-4-6-12/h2-10H,11H2,1H3. The van der Waals surface area contributed by atoms with E-state index in [0.717, 1.165) is 27.1 Å². The van der Waals surface area contributed by atoms with E-state index >= 15 is 0 Å². The lowest BCUT2D eigenvalue weighted by Gasteiger charge is -2.00. The smallest absolute Gasteiger partial charge is 0.234 e. The molecule has 0 aliphatic carbocycles. The van der Waals surface area contributed by atoms with Crippen LogP contribution in [-0.2, 0) is 6.42 Å². The maximum absolute atomic E-state index is 5.19. The number of methoxy groups -OCH3 is 1. The largest absolute Gasteiger partial charge is 0.497 e. The molecule has 6 heteroatoms. The van der Waals surface area contributed by atoms with E-state index in [9.17, 15) is 0 Å². The van der Waals surface area contributed by atoms with Crippen LogP contribution in [0.3, 0.4) is 0 Å². The minimum Gasteiger partial charge on any atom is -0.497 e. The predicted molar refractivity (Wildman–Crippen MR) is 89.9 cm³/mol. The molecule has 0 unspecified atom stereocenters. The van der Waals surface area contributed by atoms with E-state index in [1.807, 2.05) is 47.0 Å². The van der Waals surface area contributed by atoms with Crippen molar-refractivity contribution in [1.82, 2.24) is 19.8 Å². The first-order valence-corrected chi connectivity index (χ1v) is 8.04. The van der Waals surface area contributed by atoms with Gasteiger partial charge in [-0.15, -0.1) is 10.2 Å². The minimum absolute atomic E-state index is 0.716. The number of rotatable bonds is 4. The summed E-state index contributed by atoms with van der Waals surface area (Å²) in [5.74, 6) is 1.68. The van der Waals surface area contributed by atoms with Crippen molar-refractivity contribution in [2.24, 2.45) is 0 Å². The average molecular weight is 322 g/mol. The van der Waals surface area contributed by atoms with Crippen molar-refractivity contribution in [1.29, 1.82) is 0 Å². The van der Waals surface area contributed by atoms with Gasteiger partial charge in [0, 0.05) is 12.0 Å². The molecular formula is C17H14N4OS. The maximum Gasteiger partial charge on any atom is 0.234 e. The lowest BCUT2D eigenvalue weighted by Crippen LogP contribution is -1.97. The zero-order valence-electron chi connectivity index (χ0n) is 12.5. The summed E-state index contributed by atoms with van der Waals surface area (Å²) >= 11 is 1.53. The van der Waals surface area contributed by atoms with Crippen LogP contribution in [0.1, 0.15) is 11.4 Å². The summed E-state index contributed by atoms with van der Waals surface area (Å²) in [5.41, 5.74) is 2.24. The molecule has 0 bridgehead atoms. The lowest BCUT2D eigenvalue weighted by atomic mass is 10.1. The van der Waals surface area contributed by atoms with Crippen LogP contribution < -0.4 is 4.74 Å². The number of ether oxygens (including phenoxy) is 1. The molecule has 2 heterocycles. The Bertz CT molecular complexity index is 928. The molecule has 0 atom stereocenters. The third-order valence-electron chi connectivity index (χ3n) is 3.60. The van der Waals surface area contributed by atoms with Gasteiger partial charge in [-0.3, -0.25) is 0 Å². The first-order chi connectivity index (χ1) is 11.3. The molecule has 0 aliphatic heterocycles. The fourth-order valence-electron chi connectivity index (χ4n) is 2.40. The van der Waals surface area contributed by atoms with Crippen molar-refractivity contribution in [3.05, 3.63) is 66.0 Å². The van der Waals surface area contributed by atoms with Gasteiger partial charge in [-0.25, -0.2) is 0 Å². The van der Waals surface area contributed by atoms with Gasteiger partial charge in [0.25, 0.3) is 0 Å². The third-order valence-corrected chi connectivity index (χ3v) is 4.55. The van der Waals surface area contributed by atoms with Gasteiger partial charge < -0.3 is 4.74 Å². The molecule has 0 saturated heterocycles. The Kier molecular flexibility index (Phi) is 3.51. The van der Waals surface area contributed by atoms with Crippen molar-refractivity contribution in [2.75, 3.05) is 7.11 Å². The Balaban J connectivity index is 1.68. The van der Waals surface area contributed by atoms with Crippen LogP contribution in [0.4, 0.5) is 0 Å². The molecule has 4 aromatic rings. The number of benzene rings is 2. The van der Waals surface area contributed by atoms with E-state index in [1.165, 1.54) is 16.9 Å². The Hall–Kier alpha value is -2.73. The molecule has 0 aliphatic rings. The predicted octanol–water partition coefficient (Wildman–Crippen LogP) is 3.45. The van der Waals surface area contributed by atoms with Gasteiger partial charge in [0.1, 0.15) is 10.8 Å². The van der Waals surface area contributed by atoms with Gasteiger partial charge in [0.05, 0.1) is 7.11 Å². The fourth-order valence-corrected chi connectivity index (χ4v) is 3.26. The molecule has 5 nitrogen and oxygen atoms in total. The van der Waals surface area contributed by atoms with Gasteiger partial charge in [-0.1, -0.05) is 41.7 Å². The summed E-state index contributed by atoms with van der Waals surface area (Å²) in [6.45, 7) is 0. The molecule has 0 spiro atoms. The Labute approximate surface area is 137 Å². The molecule has 0 amide bonds. The molecule has 2 aromatic carbocycles. The van der Waals surface area contributed by atoms with E-state index in [2.05, 4.69) is 27.4 Å². The molecular weight excluding hydrogens is 308 g/mol.